The van der Waals surface area contributed by atoms with Gasteiger partial charge < -0.3 is 64.2 Å². The summed E-state index contributed by atoms with van der Waals surface area (Å²) in [5.41, 5.74) is 0. The van der Waals surface area contributed by atoms with E-state index >= 15 is 0 Å². The van der Waals surface area contributed by atoms with Crippen molar-refractivity contribution in [2.75, 3.05) is 26.4 Å². The minimum absolute atomic E-state index is 0.0155. The summed E-state index contributed by atoms with van der Waals surface area (Å²) in [5, 5.41) is 72.2. The lowest BCUT2D eigenvalue weighted by Gasteiger charge is -2.42. The fourth-order valence-electron chi connectivity index (χ4n) is 7.28. The second kappa shape index (κ2) is 43.8. The van der Waals surface area contributed by atoms with Gasteiger partial charge in [-0.1, -0.05) is 160 Å². The van der Waals surface area contributed by atoms with E-state index in [1.807, 2.05) is 30.4 Å². The molecule has 15 heteroatoms. The molecule has 11 atom stereocenters. The second-order valence-electron chi connectivity index (χ2n) is 18.0. The molecule has 0 aromatic rings. The molecule has 0 aromatic heterocycles. The summed E-state index contributed by atoms with van der Waals surface area (Å²) in [5.74, 6) is -1.13. The number of ether oxygens (including phenoxy) is 6. The standard InChI is InChI=1S/C59H90O15/c1-3-5-7-9-11-13-15-17-19-21-23-25-27-29-31-33-35-37-39-41-50(61)69-44-47(72-51(62)42-40-38-36-34-32-30-28-26-24-22-20-18-16-14-12-10-8-6-4-2)45-70-58-57(68)55(66)53(64)49(74-58)46-71-59-56(67)54(65)52(63)48(43-60)73-59/h6,8,11-14,17-20,23-26,29-32,35-38,47-49,52-60,63-68H,3-5,7,9-10,15-16,21-22,27-28,33-34,39-46H2,1-2H3/b8-6+,13-11+,14-12+,19-17+,20-18+,25-23+,26-24+,31-29+,32-30+,37-35+,38-36+/t47-,48+,49+,52-,53-,54?,55?,56?,57?,58+,59+/m0/s1. The summed E-state index contributed by atoms with van der Waals surface area (Å²) >= 11 is 0. The van der Waals surface area contributed by atoms with Crippen LogP contribution in [-0.2, 0) is 38.0 Å². The average Bonchev–Trinajstić information content (AvgIpc) is 3.39. The highest BCUT2D eigenvalue weighted by Gasteiger charge is 2.47. The second-order valence-corrected chi connectivity index (χ2v) is 18.0. The van der Waals surface area contributed by atoms with Gasteiger partial charge in [-0.25, -0.2) is 0 Å². The number of aliphatic hydroxyl groups excluding tert-OH is 7. The minimum atomic E-state index is -1.80. The Labute approximate surface area is 441 Å². The van der Waals surface area contributed by atoms with E-state index in [-0.39, 0.29) is 19.4 Å². The summed E-state index contributed by atoms with van der Waals surface area (Å²) in [6.45, 7) is 2.26. The summed E-state index contributed by atoms with van der Waals surface area (Å²) in [4.78, 5) is 25.8. The van der Waals surface area contributed by atoms with Crippen molar-refractivity contribution in [3.05, 3.63) is 134 Å². The first-order chi connectivity index (χ1) is 36.0. The zero-order valence-electron chi connectivity index (χ0n) is 44.0. The van der Waals surface area contributed by atoms with Crippen molar-refractivity contribution in [2.45, 2.75) is 197 Å². The van der Waals surface area contributed by atoms with Crippen LogP contribution in [0.3, 0.4) is 0 Å². The van der Waals surface area contributed by atoms with Gasteiger partial charge in [-0.2, -0.15) is 0 Å². The highest BCUT2D eigenvalue weighted by atomic mass is 16.7. The monoisotopic (exact) mass is 1040 g/mol. The van der Waals surface area contributed by atoms with Gasteiger partial charge in [0, 0.05) is 12.8 Å². The lowest BCUT2D eigenvalue weighted by atomic mass is 9.98. The fraction of sp³-hybridized carbons (Fsp3) is 0.593. The number of allylic oxidation sites excluding steroid dienone is 22. The third-order valence-electron chi connectivity index (χ3n) is 11.6. The van der Waals surface area contributed by atoms with E-state index in [2.05, 4.69) is 117 Å². The number of aliphatic hydroxyl groups is 7. The van der Waals surface area contributed by atoms with E-state index in [0.717, 1.165) is 57.8 Å². The SMILES string of the molecule is CC/C=C/C/C=C/C/C=C/C/C=C/C/C=C/C/C=C/CCC(=O)O[C@@H](COC(=O)CC/C=C/C/C=C/C/C=C/C/C=C/C/C=C/CCCCC)CO[C@@H]1O[C@H](CO[C@@H]2O[C@H](CO)[C@H](O)C(O)C2O)[C@H](O)C(O)C1O. The van der Waals surface area contributed by atoms with Crippen LogP contribution >= 0.6 is 0 Å². The van der Waals surface area contributed by atoms with Gasteiger partial charge in [0.2, 0.25) is 0 Å². The molecule has 0 radical (unpaired) electrons. The predicted molar refractivity (Wildman–Crippen MR) is 288 cm³/mol. The Balaban J connectivity index is 1.87. The molecule has 0 saturated carbocycles. The Bertz CT molecular complexity index is 1790. The molecule has 15 nitrogen and oxygen atoms in total. The zero-order chi connectivity index (χ0) is 53.9. The number of carbonyl (C=O) groups is 2. The lowest BCUT2D eigenvalue weighted by Crippen LogP contribution is -2.61. The first-order valence-corrected chi connectivity index (χ1v) is 26.8. The third kappa shape index (κ3) is 30.9. The number of esters is 2. The van der Waals surface area contributed by atoms with Crippen molar-refractivity contribution in [2.24, 2.45) is 0 Å². The van der Waals surface area contributed by atoms with E-state index in [1.54, 1.807) is 0 Å². The van der Waals surface area contributed by atoms with Crippen LogP contribution in [0.4, 0.5) is 0 Å². The molecule has 2 aliphatic rings. The molecular weight excluding hydrogens is 949 g/mol. The molecule has 0 spiro atoms. The van der Waals surface area contributed by atoms with Gasteiger partial charge in [-0.3, -0.25) is 9.59 Å². The maximum absolute atomic E-state index is 13.0. The Hall–Kier alpha value is -4.36. The van der Waals surface area contributed by atoms with Crippen molar-refractivity contribution >= 4 is 11.9 Å². The topological polar surface area (TPSA) is 231 Å². The number of hydrogen-bond acceptors (Lipinski definition) is 15. The summed E-state index contributed by atoms with van der Waals surface area (Å²) in [7, 11) is 0. The summed E-state index contributed by atoms with van der Waals surface area (Å²) < 4.78 is 33.4. The van der Waals surface area contributed by atoms with E-state index in [4.69, 9.17) is 28.4 Å². The molecule has 2 fully saturated rings. The number of carbonyl (C=O) groups excluding carboxylic acids is 2. The summed E-state index contributed by atoms with van der Waals surface area (Å²) in [6, 6.07) is 0. The molecule has 0 amide bonds. The van der Waals surface area contributed by atoms with Crippen molar-refractivity contribution in [1.29, 1.82) is 0 Å². The quantitative estimate of drug-likeness (QED) is 0.0175. The molecule has 0 aromatic carbocycles. The molecule has 74 heavy (non-hydrogen) atoms. The van der Waals surface area contributed by atoms with E-state index in [1.165, 1.54) is 19.3 Å². The molecule has 0 bridgehead atoms. The Morgan fingerprint density at radius 1 is 0.446 bits per heavy atom. The predicted octanol–water partition coefficient (Wildman–Crippen LogP) is 8.26. The zero-order valence-corrected chi connectivity index (χ0v) is 44.0. The molecule has 2 aliphatic heterocycles. The van der Waals surface area contributed by atoms with Gasteiger partial charge in [0.05, 0.1) is 19.8 Å². The van der Waals surface area contributed by atoms with Gasteiger partial charge in [0.15, 0.2) is 18.7 Å². The Morgan fingerprint density at radius 3 is 1.28 bits per heavy atom. The molecule has 416 valence electrons. The van der Waals surface area contributed by atoms with Crippen LogP contribution in [0.5, 0.6) is 0 Å². The van der Waals surface area contributed by atoms with Crippen molar-refractivity contribution in [1.82, 2.24) is 0 Å². The maximum Gasteiger partial charge on any atom is 0.306 e. The first-order valence-electron chi connectivity index (χ1n) is 26.8. The molecular formula is C59H90O15. The van der Waals surface area contributed by atoms with E-state index in [0.29, 0.717) is 25.7 Å². The highest BCUT2D eigenvalue weighted by molar-refractivity contribution is 5.70. The minimum Gasteiger partial charge on any atom is -0.462 e. The summed E-state index contributed by atoms with van der Waals surface area (Å²) in [6.07, 6.45) is 43.6. The average molecular weight is 1040 g/mol. The van der Waals surface area contributed by atoms with Crippen LogP contribution in [0.2, 0.25) is 0 Å². The van der Waals surface area contributed by atoms with Crippen LogP contribution in [0.25, 0.3) is 0 Å². The first kappa shape index (κ1) is 65.8. The molecule has 2 rings (SSSR count). The number of unbranched alkanes of at least 4 members (excludes halogenated alkanes) is 3. The van der Waals surface area contributed by atoms with Crippen LogP contribution in [-0.4, -0.2) is 142 Å². The largest absolute Gasteiger partial charge is 0.462 e. The smallest absolute Gasteiger partial charge is 0.306 e. The Morgan fingerprint density at radius 2 is 0.838 bits per heavy atom. The van der Waals surface area contributed by atoms with Gasteiger partial charge in [-0.15, -0.1) is 0 Å². The number of hydrogen-bond donors (Lipinski definition) is 7. The fourth-order valence-corrected chi connectivity index (χ4v) is 7.28. The van der Waals surface area contributed by atoms with Crippen LogP contribution in [0.15, 0.2) is 134 Å². The number of rotatable bonds is 39. The lowest BCUT2D eigenvalue weighted by molar-refractivity contribution is -0.332. The molecule has 4 unspecified atom stereocenters. The van der Waals surface area contributed by atoms with Crippen molar-refractivity contribution in [3.63, 3.8) is 0 Å². The Kier molecular flexibility index (Phi) is 39.0. The molecule has 2 saturated heterocycles. The van der Waals surface area contributed by atoms with Crippen molar-refractivity contribution in [3.8, 4) is 0 Å². The van der Waals surface area contributed by atoms with E-state index < -0.39 is 99.3 Å². The molecule has 7 N–H and O–H groups in total. The van der Waals surface area contributed by atoms with Crippen LogP contribution in [0, 0.1) is 0 Å². The van der Waals surface area contributed by atoms with Gasteiger partial charge in [0.1, 0.15) is 55.4 Å². The van der Waals surface area contributed by atoms with Crippen molar-refractivity contribution < 1.29 is 73.8 Å². The normalized spacial score (nSPS) is 25.7. The molecule has 2 heterocycles. The van der Waals surface area contributed by atoms with Crippen LogP contribution < -0.4 is 0 Å². The van der Waals surface area contributed by atoms with E-state index in [9.17, 15) is 45.3 Å². The third-order valence-corrected chi connectivity index (χ3v) is 11.6. The van der Waals surface area contributed by atoms with Gasteiger partial charge in [-0.05, 0) is 89.9 Å². The van der Waals surface area contributed by atoms with Crippen LogP contribution in [0.1, 0.15) is 129 Å². The van der Waals surface area contributed by atoms with Gasteiger partial charge in [0.25, 0.3) is 0 Å². The maximum atomic E-state index is 13.0. The molecule has 0 aliphatic carbocycles. The highest BCUT2D eigenvalue weighted by Crippen LogP contribution is 2.26. The van der Waals surface area contributed by atoms with Gasteiger partial charge >= 0.3 is 11.9 Å².